The number of hydrogen-bond donors (Lipinski definition) is 1. The number of nitrogen functional groups attached to an aromatic ring is 1. The van der Waals surface area contributed by atoms with E-state index in [2.05, 4.69) is 11.8 Å². The molecule has 24 heavy (non-hydrogen) atoms. The van der Waals surface area contributed by atoms with Gasteiger partial charge in [0.25, 0.3) is 0 Å². The Morgan fingerprint density at radius 1 is 1.00 bits per heavy atom. The van der Waals surface area contributed by atoms with E-state index in [9.17, 15) is 13.2 Å². The quantitative estimate of drug-likeness (QED) is 0.374. The molecule has 0 atom stereocenters. The van der Waals surface area contributed by atoms with Crippen LogP contribution >= 0.6 is 11.6 Å². The lowest BCUT2D eigenvalue weighted by atomic mass is 10.1. The van der Waals surface area contributed by atoms with E-state index in [-0.39, 0.29) is 17.9 Å². The zero-order valence-electron chi connectivity index (χ0n) is 12.7. The van der Waals surface area contributed by atoms with Crippen molar-refractivity contribution in [1.82, 2.24) is 0 Å². The highest BCUT2D eigenvalue weighted by Gasteiger charge is 2.34. The molecule has 2 aromatic rings. The van der Waals surface area contributed by atoms with Crippen molar-refractivity contribution >= 4 is 17.3 Å². The number of anilines is 1. The number of hydrogen-bond acceptors (Lipinski definition) is 2. The second kappa shape index (κ2) is 7.98. The molecule has 126 valence electrons. The maximum Gasteiger partial charge on any atom is 0.420 e. The SMILES string of the molecule is Nc1ccc(C#Cc2ccc(OCCCCl)c(C(F)(F)F)c2)cc1. The summed E-state index contributed by atoms with van der Waals surface area (Å²) in [5.74, 6) is 5.64. The summed E-state index contributed by atoms with van der Waals surface area (Å²) in [6, 6.07) is 10.5. The predicted molar refractivity (Wildman–Crippen MR) is 89.1 cm³/mol. The van der Waals surface area contributed by atoms with Crippen LogP contribution in [-0.4, -0.2) is 12.5 Å². The molecule has 0 fully saturated rings. The summed E-state index contributed by atoms with van der Waals surface area (Å²) >= 11 is 5.50. The van der Waals surface area contributed by atoms with Crippen molar-refractivity contribution in [2.45, 2.75) is 12.6 Å². The Balaban J connectivity index is 2.27. The molecule has 0 bridgehead atoms. The van der Waals surface area contributed by atoms with E-state index in [0.29, 0.717) is 23.6 Å². The molecule has 0 heterocycles. The van der Waals surface area contributed by atoms with Crippen molar-refractivity contribution in [3.8, 4) is 17.6 Å². The van der Waals surface area contributed by atoms with Crippen molar-refractivity contribution in [1.29, 1.82) is 0 Å². The van der Waals surface area contributed by atoms with Crippen LogP contribution in [0.2, 0.25) is 0 Å². The molecular formula is C18H15ClF3NO. The first-order valence-corrected chi connectivity index (χ1v) is 7.71. The molecule has 0 aromatic heterocycles. The fourth-order valence-electron chi connectivity index (χ4n) is 1.90. The van der Waals surface area contributed by atoms with Gasteiger partial charge < -0.3 is 10.5 Å². The Hall–Kier alpha value is -2.32. The Labute approximate surface area is 143 Å². The zero-order chi connectivity index (χ0) is 17.6. The maximum absolute atomic E-state index is 13.2. The topological polar surface area (TPSA) is 35.2 Å². The molecule has 0 spiro atoms. The molecule has 2 rings (SSSR count). The molecule has 2 N–H and O–H groups in total. The van der Waals surface area contributed by atoms with Crippen molar-refractivity contribution in [2.24, 2.45) is 0 Å². The maximum atomic E-state index is 13.2. The van der Waals surface area contributed by atoms with Gasteiger partial charge in [0.2, 0.25) is 0 Å². The summed E-state index contributed by atoms with van der Waals surface area (Å²) in [4.78, 5) is 0. The second-order valence-electron chi connectivity index (χ2n) is 4.97. The minimum Gasteiger partial charge on any atom is -0.493 e. The Morgan fingerprint density at radius 3 is 2.25 bits per heavy atom. The Kier molecular flexibility index (Phi) is 5.99. The summed E-state index contributed by atoms with van der Waals surface area (Å²) in [6.45, 7) is 0.128. The van der Waals surface area contributed by atoms with Crippen molar-refractivity contribution in [3.63, 3.8) is 0 Å². The summed E-state index contributed by atoms with van der Waals surface area (Å²) in [7, 11) is 0. The van der Waals surface area contributed by atoms with E-state index < -0.39 is 11.7 Å². The van der Waals surface area contributed by atoms with Crippen molar-refractivity contribution < 1.29 is 17.9 Å². The number of ether oxygens (including phenoxy) is 1. The summed E-state index contributed by atoms with van der Waals surface area (Å²) in [6.07, 6.45) is -4.05. The normalized spacial score (nSPS) is 10.8. The molecule has 0 radical (unpaired) electrons. The molecule has 0 aliphatic heterocycles. The first-order chi connectivity index (χ1) is 11.4. The van der Waals surface area contributed by atoms with Crippen LogP contribution in [0.25, 0.3) is 0 Å². The first-order valence-electron chi connectivity index (χ1n) is 7.18. The highest BCUT2D eigenvalue weighted by atomic mass is 35.5. The first kappa shape index (κ1) is 18.0. The van der Waals surface area contributed by atoms with Gasteiger partial charge in [-0.2, -0.15) is 13.2 Å². The van der Waals surface area contributed by atoms with Crippen LogP contribution in [-0.2, 0) is 6.18 Å². The van der Waals surface area contributed by atoms with Gasteiger partial charge in [-0.25, -0.2) is 0 Å². The van der Waals surface area contributed by atoms with E-state index in [1.54, 1.807) is 24.3 Å². The van der Waals surface area contributed by atoms with Gasteiger partial charge in [-0.3, -0.25) is 0 Å². The molecule has 0 saturated heterocycles. The molecule has 2 nitrogen and oxygen atoms in total. The summed E-state index contributed by atoms with van der Waals surface area (Å²) in [5.41, 5.74) is 6.24. The van der Waals surface area contributed by atoms with E-state index in [4.69, 9.17) is 22.1 Å². The molecule has 2 aromatic carbocycles. The summed E-state index contributed by atoms with van der Waals surface area (Å²) < 4.78 is 44.7. The largest absolute Gasteiger partial charge is 0.493 e. The summed E-state index contributed by atoms with van der Waals surface area (Å²) in [5, 5.41) is 0. The number of alkyl halides is 4. The van der Waals surface area contributed by atoms with E-state index >= 15 is 0 Å². The molecule has 0 aliphatic carbocycles. The molecule has 6 heteroatoms. The van der Waals surface area contributed by atoms with Crippen molar-refractivity contribution in [3.05, 3.63) is 59.2 Å². The van der Waals surface area contributed by atoms with Crippen LogP contribution in [0.5, 0.6) is 5.75 Å². The third-order valence-corrected chi connectivity index (χ3v) is 3.35. The Bertz CT molecular complexity index is 746. The predicted octanol–water partition coefficient (Wildman–Crippen LogP) is 4.70. The number of benzene rings is 2. The number of nitrogens with two attached hydrogens (primary N) is 1. The van der Waals surface area contributed by atoms with Crippen LogP contribution in [0.15, 0.2) is 42.5 Å². The van der Waals surface area contributed by atoms with Gasteiger partial charge in [0, 0.05) is 22.7 Å². The third kappa shape index (κ3) is 5.10. The van der Waals surface area contributed by atoms with Gasteiger partial charge in [-0.15, -0.1) is 11.6 Å². The van der Waals surface area contributed by atoms with Gasteiger partial charge in [-0.05, 0) is 48.9 Å². The van der Waals surface area contributed by atoms with Gasteiger partial charge >= 0.3 is 6.18 Å². The molecule has 0 unspecified atom stereocenters. The van der Waals surface area contributed by atoms with Crippen LogP contribution in [0.1, 0.15) is 23.1 Å². The second-order valence-corrected chi connectivity index (χ2v) is 5.35. The van der Waals surface area contributed by atoms with Crippen LogP contribution in [0.3, 0.4) is 0 Å². The lowest BCUT2D eigenvalue weighted by Crippen LogP contribution is -2.10. The van der Waals surface area contributed by atoms with Crippen LogP contribution < -0.4 is 10.5 Å². The van der Waals surface area contributed by atoms with Crippen molar-refractivity contribution in [2.75, 3.05) is 18.2 Å². The van der Waals surface area contributed by atoms with Crippen LogP contribution in [0.4, 0.5) is 18.9 Å². The third-order valence-electron chi connectivity index (χ3n) is 3.08. The van der Waals surface area contributed by atoms with E-state index in [1.807, 2.05) is 0 Å². The number of halogens is 4. The van der Waals surface area contributed by atoms with Crippen LogP contribution in [0, 0.1) is 11.8 Å². The molecular weight excluding hydrogens is 339 g/mol. The van der Waals surface area contributed by atoms with Gasteiger partial charge in [0.15, 0.2) is 0 Å². The highest BCUT2D eigenvalue weighted by Crippen LogP contribution is 2.36. The zero-order valence-corrected chi connectivity index (χ0v) is 13.4. The average Bonchev–Trinajstić information content (AvgIpc) is 2.54. The minimum atomic E-state index is -4.52. The lowest BCUT2D eigenvalue weighted by molar-refractivity contribution is -0.139. The average molecular weight is 354 g/mol. The standard InChI is InChI=1S/C18H15ClF3NO/c19-10-1-11-24-17-9-6-14(12-16(17)18(20,21)22)3-2-13-4-7-15(23)8-5-13/h4-9,12H,1,10-11,23H2. The molecule has 0 amide bonds. The minimum absolute atomic E-state index is 0.128. The lowest BCUT2D eigenvalue weighted by Gasteiger charge is -2.14. The fourth-order valence-corrected chi connectivity index (χ4v) is 2.01. The highest BCUT2D eigenvalue weighted by molar-refractivity contribution is 6.17. The van der Waals surface area contributed by atoms with E-state index in [0.717, 1.165) is 6.07 Å². The van der Waals surface area contributed by atoms with Gasteiger partial charge in [0.1, 0.15) is 5.75 Å². The van der Waals surface area contributed by atoms with Gasteiger partial charge in [-0.1, -0.05) is 11.8 Å². The fraction of sp³-hybridized carbons (Fsp3) is 0.222. The smallest absolute Gasteiger partial charge is 0.420 e. The van der Waals surface area contributed by atoms with E-state index in [1.165, 1.54) is 12.1 Å². The monoisotopic (exact) mass is 353 g/mol. The molecule has 0 saturated carbocycles. The van der Waals surface area contributed by atoms with Gasteiger partial charge in [0.05, 0.1) is 12.2 Å². The Morgan fingerprint density at radius 2 is 1.62 bits per heavy atom. The molecule has 0 aliphatic rings. The number of rotatable bonds is 4.